The van der Waals surface area contributed by atoms with Gasteiger partial charge in [0.1, 0.15) is 18.1 Å². The maximum Gasteiger partial charge on any atom is 0.337 e. The molecule has 5 heteroatoms. The smallest absolute Gasteiger partial charge is 0.337 e. The van der Waals surface area contributed by atoms with Gasteiger partial charge in [0.15, 0.2) is 0 Å². The Morgan fingerprint density at radius 1 is 1.32 bits per heavy atom. The van der Waals surface area contributed by atoms with E-state index < -0.39 is 5.97 Å². The van der Waals surface area contributed by atoms with Crippen LogP contribution in [0.5, 0.6) is 11.5 Å². The number of carboxylic acid groups (broad SMARTS) is 1. The number of ether oxygens (including phenoxy) is 2. The largest absolute Gasteiger partial charge is 0.497 e. The van der Waals surface area contributed by atoms with Crippen molar-refractivity contribution in [2.75, 3.05) is 7.11 Å². The van der Waals surface area contributed by atoms with E-state index in [1.807, 2.05) is 6.07 Å². The summed E-state index contributed by atoms with van der Waals surface area (Å²) in [7, 11) is 1.57. The molecular formula is C14H13NO4. The molecule has 0 aliphatic rings. The molecule has 1 heterocycles. The Kier molecular flexibility index (Phi) is 3.97. The number of hydrogen-bond donors (Lipinski definition) is 1. The van der Waals surface area contributed by atoms with E-state index in [1.54, 1.807) is 31.4 Å². The van der Waals surface area contributed by atoms with Crippen molar-refractivity contribution in [3.63, 3.8) is 0 Å². The predicted octanol–water partition coefficient (Wildman–Crippen LogP) is 2.37. The van der Waals surface area contributed by atoms with Crippen LogP contribution in [0.4, 0.5) is 0 Å². The Balaban J connectivity index is 2.12. The van der Waals surface area contributed by atoms with Gasteiger partial charge in [0.05, 0.1) is 12.7 Å². The highest BCUT2D eigenvalue weighted by molar-refractivity contribution is 5.88. The van der Waals surface area contributed by atoms with Gasteiger partial charge in [-0.2, -0.15) is 0 Å². The van der Waals surface area contributed by atoms with Crippen molar-refractivity contribution >= 4 is 5.97 Å². The Labute approximate surface area is 110 Å². The highest BCUT2D eigenvalue weighted by Gasteiger charge is 2.10. The molecule has 0 aliphatic heterocycles. The van der Waals surface area contributed by atoms with Crippen LogP contribution >= 0.6 is 0 Å². The van der Waals surface area contributed by atoms with Crippen LogP contribution in [0, 0.1) is 0 Å². The zero-order valence-electron chi connectivity index (χ0n) is 10.4. The van der Waals surface area contributed by atoms with Gasteiger partial charge in [-0.3, -0.25) is 4.98 Å². The molecule has 0 saturated carbocycles. The number of benzene rings is 1. The average molecular weight is 259 g/mol. The van der Waals surface area contributed by atoms with Crippen molar-refractivity contribution in [1.29, 1.82) is 0 Å². The van der Waals surface area contributed by atoms with Gasteiger partial charge in [-0.15, -0.1) is 0 Å². The number of carboxylic acids is 1. The number of nitrogens with zero attached hydrogens (tertiary/aromatic N) is 1. The first kappa shape index (κ1) is 12.9. The fourth-order valence-corrected chi connectivity index (χ4v) is 1.59. The van der Waals surface area contributed by atoms with Crippen molar-refractivity contribution in [3.05, 3.63) is 53.9 Å². The Hall–Kier alpha value is -2.56. The Morgan fingerprint density at radius 3 is 2.84 bits per heavy atom. The van der Waals surface area contributed by atoms with Gasteiger partial charge >= 0.3 is 5.97 Å². The summed E-state index contributed by atoms with van der Waals surface area (Å²) in [6, 6.07) is 8.76. The molecule has 0 saturated heterocycles. The predicted molar refractivity (Wildman–Crippen MR) is 68.5 cm³/mol. The molecule has 1 aromatic heterocycles. The molecule has 0 unspecified atom stereocenters. The van der Waals surface area contributed by atoms with Gasteiger partial charge in [0.25, 0.3) is 0 Å². The molecule has 5 nitrogen and oxygen atoms in total. The van der Waals surface area contributed by atoms with E-state index >= 15 is 0 Å². The molecule has 1 N–H and O–H groups in total. The third-order valence-electron chi connectivity index (χ3n) is 2.58. The summed E-state index contributed by atoms with van der Waals surface area (Å²) in [5.41, 5.74) is 0.718. The quantitative estimate of drug-likeness (QED) is 0.892. The average Bonchev–Trinajstić information content (AvgIpc) is 2.45. The lowest BCUT2D eigenvalue weighted by Gasteiger charge is -2.09. The maximum atomic E-state index is 11.0. The lowest BCUT2D eigenvalue weighted by atomic mass is 10.1. The maximum absolute atomic E-state index is 11.0. The van der Waals surface area contributed by atoms with Crippen molar-refractivity contribution in [1.82, 2.24) is 4.98 Å². The first-order valence-corrected chi connectivity index (χ1v) is 5.63. The van der Waals surface area contributed by atoms with Gasteiger partial charge in [0, 0.05) is 24.0 Å². The number of pyridine rings is 1. The number of carbonyl (C=O) groups is 1. The number of aromatic nitrogens is 1. The number of rotatable bonds is 5. The van der Waals surface area contributed by atoms with Crippen LogP contribution in [0.1, 0.15) is 15.9 Å². The normalized spacial score (nSPS) is 9.95. The molecule has 0 fully saturated rings. The van der Waals surface area contributed by atoms with Gasteiger partial charge in [-0.1, -0.05) is 6.07 Å². The molecule has 0 amide bonds. The number of aromatic carboxylic acids is 1. The molecule has 0 radical (unpaired) electrons. The zero-order valence-corrected chi connectivity index (χ0v) is 10.4. The zero-order chi connectivity index (χ0) is 13.7. The standard InChI is InChI=1S/C14H13NO4/c1-18-11-3-2-4-12(7-11)19-9-10-5-6-15-8-13(10)14(16)17/h2-8H,9H2,1H3,(H,16,17). The Morgan fingerprint density at radius 2 is 2.11 bits per heavy atom. The van der Waals surface area contributed by atoms with E-state index in [0.29, 0.717) is 17.1 Å². The molecule has 0 bridgehead atoms. The molecule has 1 aromatic carbocycles. The first-order valence-electron chi connectivity index (χ1n) is 5.63. The van der Waals surface area contributed by atoms with Crippen molar-refractivity contribution in [2.45, 2.75) is 6.61 Å². The number of methoxy groups -OCH3 is 1. The van der Waals surface area contributed by atoms with Crippen LogP contribution in [-0.2, 0) is 6.61 Å². The molecule has 19 heavy (non-hydrogen) atoms. The molecule has 98 valence electrons. The third kappa shape index (κ3) is 3.22. The van der Waals surface area contributed by atoms with Crippen LogP contribution in [-0.4, -0.2) is 23.2 Å². The van der Waals surface area contributed by atoms with Crippen LogP contribution in [0.25, 0.3) is 0 Å². The van der Waals surface area contributed by atoms with E-state index in [4.69, 9.17) is 14.6 Å². The summed E-state index contributed by atoms with van der Waals surface area (Å²) in [6.07, 6.45) is 2.85. The summed E-state index contributed by atoms with van der Waals surface area (Å²) >= 11 is 0. The highest BCUT2D eigenvalue weighted by atomic mass is 16.5. The van der Waals surface area contributed by atoms with Crippen molar-refractivity contribution in [3.8, 4) is 11.5 Å². The Bertz CT molecular complexity index is 583. The van der Waals surface area contributed by atoms with Crippen LogP contribution in [0.15, 0.2) is 42.7 Å². The molecule has 0 atom stereocenters. The minimum Gasteiger partial charge on any atom is -0.497 e. The summed E-state index contributed by atoms with van der Waals surface area (Å²) in [5, 5.41) is 9.03. The monoisotopic (exact) mass is 259 g/mol. The second-order valence-corrected chi connectivity index (χ2v) is 3.81. The SMILES string of the molecule is COc1cccc(OCc2ccncc2C(=O)O)c1. The molecule has 2 rings (SSSR count). The van der Waals surface area contributed by atoms with Crippen LogP contribution in [0.2, 0.25) is 0 Å². The van der Waals surface area contributed by atoms with E-state index in [-0.39, 0.29) is 12.2 Å². The fraction of sp³-hybridized carbons (Fsp3) is 0.143. The van der Waals surface area contributed by atoms with Crippen LogP contribution in [0.3, 0.4) is 0 Å². The fourth-order valence-electron chi connectivity index (χ4n) is 1.59. The second kappa shape index (κ2) is 5.86. The van der Waals surface area contributed by atoms with Gasteiger partial charge in [-0.25, -0.2) is 4.79 Å². The lowest BCUT2D eigenvalue weighted by molar-refractivity contribution is 0.0693. The van der Waals surface area contributed by atoms with Gasteiger partial charge in [-0.05, 0) is 18.2 Å². The lowest BCUT2D eigenvalue weighted by Crippen LogP contribution is -2.06. The molecule has 2 aromatic rings. The molecule has 0 spiro atoms. The summed E-state index contributed by atoms with van der Waals surface area (Å²) < 4.78 is 10.6. The first-order chi connectivity index (χ1) is 9.20. The topological polar surface area (TPSA) is 68.7 Å². The summed E-state index contributed by atoms with van der Waals surface area (Å²) in [5.74, 6) is 0.288. The second-order valence-electron chi connectivity index (χ2n) is 3.81. The third-order valence-corrected chi connectivity index (χ3v) is 2.58. The van der Waals surface area contributed by atoms with E-state index in [9.17, 15) is 4.79 Å². The molecular weight excluding hydrogens is 246 g/mol. The minimum atomic E-state index is -1.02. The molecule has 0 aliphatic carbocycles. The van der Waals surface area contributed by atoms with E-state index in [1.165, 1.54) is 12.4 Å². The van der Waals surface area contributed by atoms with Gasteiger partial charge in [0.2, 0.25) is 0 Å². The number of hydrogen-bond acceptors (Lipinski definition) is 4. The van der Waals surface area contributed by atoms with E-state index in [0.717, 1.165) is 0 Å². The van der Waals surface area contributed by atoms with E-state index in [2.05, 4.69) is 4.98 Å². The van der Waals surface area contributed by atoms with Crippen molar-refractivity contribution < 1.29 is 19.4 Å². The van der Waals surface area contributed by atoms with Crippen LogP contribution < -0.4 is 9.47 Å². The summed E-state index contributed by atoms with van der Waals surface area (Å²) in [6.45, 7) is 0.164. The van der Waals surface area contributed by atoms with Gasteiger partial charge < -0.3 is 14.6 Å². The minimum absolute atomic E-state index is 0.144. The summed E-state index contributed by atoms with van der Waals surface area (Å²) in [4.78, 5) is 14.8. The van der Waals surface area contributed by atoms with Crippen molar-refractivity contribution in [2.24, 2.45) is 0 Å². The highest BCUT2D eigenvalue weighted by Crippen LogP contribution is 2.20.